The van der Waals surface area contributed by atoms with E-state index in [9.17, 15) is 9.90 Å². The molecule has 0 aliphatic heterocycles. The molecule has 2 rings (SSSR count). The molecule has 0 saturated carbocycles. The second-order valence-corrected chi connectivity index (χ2v) is 4.24. The van der Waals surface area contributed by atoms with Gasteiger partial charge in [0.2, 0.25) is 0 Å². The molecular weight excluding hydrogens is 272 g/mol. The Hall–Kier alpha value is -2.37. The number of carbonyl (C=O) groups excluding carboxylic acids is 1. The Morgan fingerprint density at radius 1 is 1.05 bits per heavy atom. The zero-order chi connectivity index (χ0) is 15.2. The molecule has 5 heteroatoms. The Labute approximate surface area is 122 Å². The van der Waals surface area contributed by atoms with Crippen molar-refractivity contribution in [1.29, 1.82) is 0 Å². The van der Waals surface area contributed by atoms with Gasteiger partial charge in [-0.15, -0.1) is 0 Å². The lowest BCUT2D eigenvalue weighted by molar-refractivity contribution is -0.178. The maximum absolute atomic E-state index is 12.1. The molecule has 2 aromatic rings. The van der Waals surface area contributed by atoms with Gasteiger partial charge in [-0.2, -0.15) is 4.89 Å². The molecule has 0 spiro atoms. The maximum Gasteiger partial charge on any atom is 0.342 e. The summed E-state index contributed by atoms with van der Waals surface area (Å²) in [5, 5.41) is 9.47. The molecule has 0 radical (unpaired) electrons. The zero-order valence-electron chi connectivity index (χ0n) is 11.8. The van der Waals surface area contributed by atoms with Crippen LogP contribution in [0, 0.1) is 0 Å². The van der Waals surface area contributed by atoms with Crippen LogP contribution in [0.5, 0.6) is 5.75 Å². The van der Waals surface area contributed by atoms with Crippen molar-refractivity contribution in [3.63, 3.8) is 0 Å². The van der Waals surface area contributed by atoms with Crippen LogP contribution in [0.2, 0.25) is 0 Å². The van der Waals surface area contributed by atoms with Crippen molar-refractivity contribution in [1.82, 2.24) is 0 Å². The second-order valence-electron chi connectivity index (χ2n) is 4.24. The summed E-state index contributed by atoms with van der Waals surface area (Å²) in [5.74, 6) is -0.278. The topological polar surface area (TPSA) is 65.0 Å². The molecule has 0 unspecified atom stereocenters. The maximum atomic E-state index is 12.1. The molecule has 0 aliphatic carbocycles. The predicted octanol–water partition coefficient (Wildman–Crippen LogP) is 2.57. The first kappa shape index (κ1) is 15.0. The lowest BCUT2D eigenvalue weighted by Crippen LogP contribution is -2.08. The minimum Gasteiger partial charge on any atom is -0.465 e. The first-order valence-electron chi connectivity index (χ1n) is 6.34. The molecule has 0 amide bonds. The normalized spacial score (nSPS) is 10.2. The number of benzene rings is 2. The van der Waals surface area contributed by atoms with Gasteiger partial charge >= 0.3 is 5.97 Å². The third kappa shape index (κ3) is 3.04. The Morgan fingerprint density at radius 2 is 1.76 bits per heavy atom. The fourth-order valence-electron chi connectivity index (χ4n) is 2.15. The van der Waals surface area contributed by atoms with Crippen molar-refractivity contribution in [2.75, 3.05) is 14.2 Å². The molecular formula is C16H16O5. The molecule has 0 saturated heterocycles. The van der Waals surface area contributed by atoms with Gasteiger partial charge in [0.05, 0.1) is 20.8 Å². The molecule has 0 heterocycles. The highest BCUT2D eigenvalue weighted by Gasteiger charge is 2.21. The van der Waals surface area contributed by atoms with E-state index in [0.717, 1.165) is 5.56 Å². The summed E-state index contributed by atoms with van der Waals surface area (Å²) in [6.45, 7) is -0.133. The molecule has 0 aliphatic rings. The van der Waals surface area contributed by atoms with E-state index in [1.807, 2.05) is 18.2 Å². The molecule has 1 N–H and O–H groups in total. The van der Waals surface area contributed by atoms with Crippen LogP contribution in [-0.2, 0) is 16.2 Å². The van der Waals surface area contributed by atoms with E-state index in [1.165, 1.54) is 14.2 Å². The monoisotopic (exact) mass is 288 g/mol. The molecule has 0 aromatic heterocycles. The number of carbonyl (C=O) groups is 1. The number of esters is 1. The van der Waals surface area contributed by atoms with Crippen LogP contribution in [0.25, 0.3) is 11.1 Å². The average Bonchev–Trinajstić information content (AvgIpc) is 2.54. The van der Waals surface area contributed by atoms with Crippen molar-refractivity contribution < 1.29 is 24.4 Å². The first-order chi connectivity index (χ1) is 10.2. The first-order valence-corrected chi connectivity index (χ1v) is 6.34. The molecule has 0 atom stereocenters. The number of ether oxygens (including phenoxy) is 1. The number of aliphatic hydroxyl groups is 1. The second kappa shape index (κ2) is 6.88. The van der Waals surface area contributed by atoms with Gasteiger partial charge < -0.3 is 14.7 Å². The fourth-order valence-corrected chi connectivity index (χ4v) is 2.15. The van der Waals surface area contributed by atoms with E-state index >= 15 is 0 Å². The molecule has 0 fully saturated rings. The summed E-state index contributed by atoms with van der Waals surface area (Å²) < 4.78 is 4.82. The summed E-state index contributed by atoms with van der Waals surface area (Å²) in [5.41, 5.74) is 2.31. The smallest absolute Gasteiger partial charge is 0.342 e. The van der Waals surface area contributed by atoms with Crippen molar-refractivity contribution in [2.45, 2.75) is 6.61 Å². The SMILES string of the molecule is COOc1cccc(-c2ccccc2CO)c1C(=O)OC. The van der Waals surface area contributed by atoms with E-state index in [0.29, 0.717) is 11.1 Å². The number of methoxy groups -OCH3 is 1. The lowest BCUT2D eigenvalue weighted by atomic mass is 9.95. The third-order valence-electron chi connectivity index (χ3n) is 3.07. The van der Waals surface area contributed by atoms with Gasteiger partial charge in [-0.05, 0) is 17.2 Å². The molecule has 2 aromatic carbocycles. The Morgan fingerprint density at radius 3 is 2.43 bits per heavy atom. The van der Waals surface area contributed by atoms with Crippen LogP contribution in [-0.4, -0.2) is 25.3 Å². The number of rotatable bonds is 5. The van der Waals surface area contributed by atoms with Gasteiger partial charge in [0, 0.05) is 5.56 Å². The Bertz CT molecular complexity index is 636. The highest BCUT2D eigenvalue weighted by molar-refractivity contribution is 6.00. The van der Waals surface area contributed by atoms with Crippen LogP contribution in [0.3, 0.4) is 0 Å². The van der Waals surface area contributed by atoms with Crippen LogP contribution in [0.1, 0.15) is 15.9 Å². The number of hydrogen-bond acceptors (Lipinski definition) is 5. The van der Waals surface area contributed by atoms with Crippen LogP contribution >= 0.6 is 0 Å². The van der Waals surface area contributed by atoms with Gasteiger partial charge in [-0.25, -0.2) is 4.79 Å². The van der Waals surface area contributed by atoms with Gasteiger partial charge in [0.1, 0.15) is 5.56 Å². The molecule has 5 nitrogen and oxygen atoms in total. The van der Waals surface area contributed by atoms with Crippen LogP contribution in [0.15, 0.2) is 42.5 Å². The molecule has 110 valence electrons. The van der Waals surface area contributed by atoms with Crippen LogP contribution < -0.4 is 4.89 Å². The predicted molar refractivity (Wildman–Crippen MR) is 76.8 cm³/mol. The minimum atomic E-state index is -0.537. The third-order valence-corrected chi connectivity index (χ3v) is 3.07. The van der Waals surface area contributed by atoms with Crippen molar-refractivity contribution >= 4 is 5.97 Å². The van der Waals surface area contributed by atoms with E-state index in [4.69, 9.17) is 9.62 Å². The largest absolute Gasteiger partial charge is 0.465 e. The molecule has 21 heavy (non-hydrogen) atoms. The van der Waals surface area contributed by atoms with Gasteiger partial charge in [-0.1, -0.05) is 36.4 Å². The summed E-state index contributed by atoms with van der Waals surface area (Å²) in [6.07, 6.45) is 0. The van der Waals surface area contributed by atoms with Crippen LogP contribution in [0.4, 0.5) is 0 Å². The van der Waals surface area contributed by atoms with E-state index in [2.05, 4.69) is 4.89 Å². The van der Waals surface area contributed by atoms with Gasteiger partial charge in [0.25, 0.3) is 0 Å². The van der Waals surface area contributed by atoms with E-state index in [1.54, 1.807) is 24.3 Å². The van der Waals surface area contributed by atoms with Gasteiger partial charge in [0.15, 0.2) is 5.75 Å². The van der Waals surface area contributed by atoms with E-state index < -0.39 is 5.97 Å². The Balaban J connectivity index is 2.67. The average molecular weight is 288 g/mol. The summed E-state index contributed by atoms with van der Waals surface area (Å²) in [7, 11) is 2.66. The summed E-state index contributed by atoms with van der Waals surface area (Å²) in [4.78, 5) is 21.8. The zero-order valence-corrected chi connectivity index (χ0v) is 11.8. The van der Waals surface area contributed by atoms with E-state index in [-0.39, 0.29) is 17.9 Å². The van der Waals surface area contributed by atoms with Crippen molar-refractivity contribution in [3.05, 3.63) is 53.6 Å². The standard InChI is InChI=1S/C16H16O5/c1-19-16(18)15-13(8-5-9-14(15)21-20-2)12-7-4-3-6-11(12)10-17/h3-9,17H,10H2,1-2H3. The minimum absolute atomic E-state index is 0.133. The van der Waals surface area contributed by atoms with Crippen molar-refractivity contribution in [2.24, 2.45) is 0 Å². The molecule has 0 bridgehead atoms. The van der Waals surface area contributed by atoms with Gasteiger partial charge in [-0.3, -0.25) is 0 Å². The lowest BCUT2D eigenvalue weighted by Gasteiger charge is -2.14. The highest BCUT2D eigenvalue weighted by Crippen LogP contribution is 2.33. The fraction of sp³-hybridized carbons (Fsp3) is 0.188. The highest BCUT2D eigenvalue weighted by atomic mass is 17.2. The Kier molecular flexibility index (Phi) is 4.92. The number of hydrogen-bond donors (Lipinski definition) is 1. The number of aliphatic hydroxyl groups excluding tert-OH is 1. The summed E-state index contributed by atoms with van der Waals surface area (Å²) in [6, 6.07) is 12.4. The summed E-state index contributed by atoms with van der Waals surface area (Å²) >= 11 is 0. The van der Waals surface area contributed by atoms with Crippen molar-refractivity contribution in [3.8, 4) is 16.9 Å². The quantitative estimate of drug-likeness (QED) is 0.520.